The molecule has 2 rings (SSSR count). The number of nitrogens with zero attached hydrogens (tertiary/aromatic N) is 1. The number of hydrogen-bond donors (Lipinski definition) is 3. The van der Waals surface area contributed by atoms with Crippen molar-refractivity contribution < 1.29 is 24.2 Å². The molecule has 0 saturated heterocycles. The second kappa shape index (κ2) is 10.9. The fourth-order valence-electron chi connectivity index (χ4n) is 4.03. The van der Waals surface area contributed by atoms with Gasteiger partial charge in [0.15, 0.2) is 0 Å². The topological polar surface area (TPSA) is 108 Å². The summed E-state index contributed by atoms with van der Waals surface area (Å²) >= 11 is 0. The molecule has 0 heterocycles. The Morgan fingerprint density at radius 3 is 2.06 bits per heavy atom. The number of carbonyl (C=O) groups is 3. The van der Waals surface area contributed by atoms with E-state index in [1.165, 1.54) is 12.1 Å². The maximum Gasteiger partial charge on any atom is 0.408 e. The summed E-state index contributed by atoms with van der Waals surface area (Å²) in [6.07, 6.45) is 0.503. The lowest BCUT2D eigenvalue weighted by molar-refractivity contribution is -0.144. The highest BCUT2D eigenvalue weighted by Crippen LogP contribution is 2.41. The van der Waals surface area contributed by atoms with E-state index in [1.54, 1.807) is 37.8 Å². The second-order valence-corrected chi connectivity index (χ2v) is 12.1. The highest BCUT2D eigenvalue weighted by atomic mass is 16.6. The lowest BCUT2D eigenvalue weighted by atomic mass is 9.98. The second-order valence-electron chi connectivity index (χ2n) is 12.1. The highest BCUT2D eigenvalue weighted by molar-refractivity contribution is 5.93. The molecule has 8 heteroatoms. The molecule has 0 radical (unpaired) electrons. The predicted molar refractivity (Wildman–Crippen MR) is 136 cm³/mol. The lowest BCUT2D eigenvalue weighted by Crippen LogP contribution is -2.55. The van der Waals surface area contributed by atoms with Gasteiger partial charge < -0.3 is 25.4 Å². The average molecular weight is 490 g/mol. The molecule has 196 valence electrons. The van der Waals surface area contributed by atoms with Crippen LogP contribution in [0.1, 0.15) is 86.8 Å². The van der Waals surface area contributed by atoms with Crippen LogP contribution in [0, 0.1) is 11.8 Å². The van der Waals surface area contributed by atoms with Crippen molar-refractivity contribution >= 4 is 17.9 Å². The third kappa shape index (κ3) is 8.75. The molecular formula is C27H43N3O5. The Bertz CT molecular complexity index is 899. The van der Waals surface area contributed by atoms with Crippen molar-refractivity contribution in [2.75, 3.05) is 0 Å². The van der Waals surface area contributed by atoms with Gasteiger partial charge in [0.05, 0.1) is 0 Å². The summed E-state index contributed by atoms with van der Waals surface area (Å²) in [5.74, 6) is -0.210. The molecule has 0 spiro atoms. The van der Waals surface area contributed by atoms with E-state index in [9.17, 15) is 19.5 Å². The fraction of sp³-hybridized carbons (Fsp3) is 0.667. The molecule has 8 nitrogen and oxygen atoms in total. The minimum atomic E-state index is -0.910. The first-order valence-corrected chi connectivity index (χ1v) is 12.4. The van der Waals surface area contributed by atoms with Crippen molar-refractivity contribution in [3.8, 4) is 5.75 Å². The van der Waals surface area contributed by atoms with Gasteiger partial charge in [-0.3, -0.25) is 9.59 Å². The van der Waals surface area contributed by atoms with Gasteiger partial charge in [-0.2, -0.15) is 0 Å². The number of ether oxygens (including phenoxy) is 1. The molecule has 4 unspecified atom stereocenters. The van der Waals surface area contributed by atoms with Gasteiger partial charge in [0.1, 0.15) is 23.4 Å². The number of rotatable bonds is 8. The van der Waals surface area contributed by atoms with Crippen LogP contribution in [0.5, 0.6) is 5.75 Å². The number of phenols is 1. The van der Waals surface area contributed by atoms with E-state index in [2.05, 4.69) is 10.6 Å². The number of carbonyl (C=O) groups excluding carboxylic acids is 3. The smallest absolute Gasteiger partial charge is 0.408 e. The average Bonchev–Trinajstić information content (AvgIpc) is 3.38. The third-order valence-electron chi connectivity index (χ3n) is 5.61. The van der Waals surface area contributed by atoms with Gasteiger partial charge in [-0.1, -0.05) is 32.9 Å². The number of nitrogens with one attached hydrogen (secondary N) is 2. The van der Waals surface area contributed by atoms with Crippen molar-refractivity contribution in [3.63, 3.8) is 0 Å². The molecule has 3 N–H and O–H groups in total. The summed E-state index contributed by atoms with van der Waals surface area (Å²) in [6.45, 7) is 16.9. The quantitative estimate of drug-likeness (QED) is 0.497. The molecule has 1 saturated carbocycles. The third-order valence-corrected chi connectivity index (χ3v) is 5.61. The van der Waals surface area contributed by atoms with Gasteiger partial charge in [0, 0.05) is 11.6 Å². The molecule has 1 aromatic carbocycles. The number of amides is 3. The van der Waals surface area contributed by atoms with Crippen LogP contribution in [0.15, 0.2) is 24.3 Å². The maximum absolute atomic E-state index is 14.1. The van der Waals surface area contributed by atoms with E-state index < -0.39 is 29.3 Å². The van der Waals surface area contributed by atoms with E-state index in [-0.39, 0.29) is 35.4 Å². The predicted octanol–water partition coefficient (Wildman–Crippen LogP) is 4.52. The van der Waals surface area contributed by atoms with Crippen molar-refractivity contribution in [1.29, 1.82) is 0 Å². The molecule has 0 bridgehead atoms. The zero-order chi connectivity index (χ0) is 26.7. The fourth-order valence-corrected chi connectivity index (χ4v) is 4.03. The molecule has 1 fully saturated rings. The molecule has 0 aromatic heterocycles. The van der Waals surface area contributed by atoms with Gasteiger partial charge in [-0.25, -0.2) is 4.79 Å². The van der Waals surface area contributed by atoms with Crippen molar-refractivity contribution in [2.45, 2.75) is 104 Å². The summed E-state index contributed by atoms with van der Waals surface area (Å²) in [5.41, 5.74) is -0.624. The Hall–Kier alpha value is -2.77. The van der Waals surface area contributed by atoms with Crippen molar-refractivity contribution in [3.05, 3.63) is 29.8 Å². The molecule has 0 aliphatic heterocycles. The van der Waals surface area contributed by atoms with E-state index >= 15 is 0 Å². The summed E-state index contributed by atoms with van der Waals surface area (Å²) in [6, 6.07) is 4.45. The Labute approximate surface area is 209 Å². The summed E-state index contributed by atoms with van der Waals surface area (Å²) < 4.78 is 5.42. The Morgan fingerprint density at radius 2 is 1.63 bits per heavy atom. The van der Waals surface area contributed by atoms with Crippen LogP contribution in [0.3, 0.4) is 0 Å². The molecule has 1 aromatic rings. The van der Waals surface area contributed by atoms with Crippen LogP contribution in [-0.2, 0) is 14.3 Å². The van der Waals surface area contributed by atoms with Crippen LogP contribution >= 0.6 is 0 Å². The Morgan fingerprint density at radius 1 is 1.09 bits per heavy atom. The normalized spacial score (nSPS) is 19.5. The maximum atomic E-state index is 14.1. The minimum Gasteiger partial charge on any atom is -0.508 e. The van der Waals surface area contributed by atoms with Crippen LogP contribution < -0.4 is 10.6 Å². The van der Waals surface area contributed by atoms with E-state index in [0.29, 0.717) is 12.0 Å². The molecule has 4 atom stereocenters. The number of hydrogen-bond acceptors (Lipinski definition) is 5. The van der Waals surface area contributed by atoms with Gasteiger partial charge in [0.2, 0.25) is 11.8 Å². The highest BCUT2D eigenvalue weighted by Gasteiger charge is 2.48. The zero-order valence-corrected chi connectivity index (χ0v) is 22.6. The first-order chi connectivity index (χ1) is 16.0. The SMILES string of the molecule is CC(C)CC(NC(=O)OC(C)(C)C)C(=O)N(C(C(=O)NC(C)(C)C)c1ccc(O)cc1)C1CC1C. The summed E-state index contributed by atoms with van der Waals surface area (Å²) in [4.78, 5) is 41.9. The zero-order valence-electron chi connectivity index (χ0n) is 22.6. The largest absolute Gasteiger partial charge is 0.508 e. The van der Waals surface area contributed by atoms with Crippen LogP contribution in [0.2, 0.25) is 0 Å². The first-order valence-electron chi connectivity index (χ1n) is 12.4. The number of alkyl carbamates (subject to hydrolysis) is 1. The minimum absolute atomic E-state index is 0.0747. The van der Waals surface area contributed by atoms with Crippen molar-refractivity contribution in [2.24, 2.45) is 11.8 Å². The molecule has 1 aliphatic rings. The van der Waals surface area contributed by atoms with Crippen LogP contribution in [0.4, 0.5) is 4.79 Å². The summed E-state index contributed by atoms with van der Waals surface area (Å²) in [5, 5.41) is 15.6. The first kappa shape index (κ1) is 28.5. The van der Waals surface area contributed by atoms with E-state index in [0.717, 1.165) is 6.42 Å². The lowest BCUT2D eigenvalue weighted by Gasteiger charge is -2.36. The standard InChI is InChI=1S/C27H43N3O5/c1-16(2)14-20(28-25(34)35-27(7,8)9)24(33)30(21-15-17(21)3)22(23(32)29-26(4,5)6)18-10-12-19(31)13-11-18/h10-13,16-17,20-22,31H,14-15H2,1-9H3,(H,28,34)(H,29,32). The number of benzene rings is 1. The number of phenolic OH excluding ortho intramolecular Hbond substituents is 1. The van der Waals surface area contributed by atoms with Gasteiger partial charge >= 0.3 is 6.09 Å². The van der Waals surface area contributed by atoms with Crippen LogP contribution in [0.25, 0.3) is 0 Å². The molecule has 1 aliphatic carbocycles. The van der Waals surface area contributed by atoms with Gasteiger partial charge in [-0.15, -0.1) is 0 Å². The van der Waals surface area contributed by atoms with E-state index in [1.807, 2.05) is 41.5 Å². The monoisotopic (exact) mass is 489 g/mol. The number of aromatic hydroxyl groups is 1. The van der Waals surface area contributed by atoms with Gasteiger partial charge in [-0.05, 0) is 83.9 Å². The molecule has 3 amide bonds. The van der Waals surface area contributed by atoms with Gasteiger partial charge in [0.25, 0.3) is 0 Å². The van der Waals surface area contributed by atoms with Crippen molar-refractivity contribution in [1.82, 2.24) is 15.5 Å². The summed E-state index contributed by atoms with van der Waals surface area (Å²) in [7, 11) is 0. The molecule has 35 heavy (non-hydrogen) atoms. The molecular weight excluding hydrogens is 446 g/mol. The Balaban J connectivity index is 2.49. The van der Waals surface area contributed by atoms with E-state index in [4.69, 9.17) is 4.74 Å². The Kier molecular flexibility index (Phi) is 8.84. The van der Waals surface area contributed by atoms with Crippen LogP contribution in [-0.4, -0.2) is 51.1 Å².